The molecule has 9 unspecified atom stereocenters. The molecule has 9 atom stereocenters. The smallest absolute Gasteiger partial charge is 0.249 e. The first-order valence-corrected chi connectivity index (χ1v) is 32.7. The first-order chi connectivity index (χ1) is 37.2. The summed E-state index contributed by atoms with van der Waals surface area (Å²) in [7, 11) is 0. The zero-order valence-electron chi connectivity index (χ0n) is 49.5. The van der Waals surface area contributed by atoms with Gasteiger partial charge in [0, 0.05) is 0 Å². The van der Waals surface area contributed by atoms with E-state index in [-0.39, 0.29) is 12.8 Å². The van der Waals surface area contributed by atoms with Crippen LogP contribution in [0.15, 0.2) is 24.3 Å². The second-order valence-electron chi connectivity index (χ2n) is 23.2. The SMILES string of the molecule is CCCCCCCCCC/C=C\CCCCCCCCC(O)C(=O)NC(COC1OC(CO)C(O)C(O)C1O)C(O)C(O)CCC/C=C/CCCCCCCCCCCCCCCCCCCCCCCCCCCC. The van der Waals surface area contributed by atoms with Gasteiger partial charge >= 0.3 is 0 Å². The molecule has 0 spiro atoms. The number of unbranched alkanes of at least 4 members (excludes halogenated alkanes) is 41. The average Bonchev–Trinajstić information content (AvgIpc) is 3.42. The van der Waals surface area contributed by atoms with E-state index in [1.165, 1.54) is 218 Å². The molecule has 1 saturated heterocycles. The molecule has 8 N–H and O–H groups in total. The molecule has 0 aromatic carbocycles. The minimum Gasteiger partial charge on any atom is -0.394 e. The number of aliphatic hydroxyl groups is 7. The minimum absolute atomic E-state index is 0.248. The molecular weight excluding hydrogens is 955 g/mol. The van der Waals surface area contributed by atoms with Crippen molar-refractivity contribution in [3.8, 4) is 0 Å². The highest BCUT2D eigenvalue weighted by molar-refractivity contribution is 5.80. The molecule has 11 heteroatoms. The molecule has 1 fully saturated rings. The van der Waals surface area contributed by atoms with E-state index in [4.69, 9.17) is 9.47 Å². The van der Waals surface area contributed by atoms with Crippen molar-refractivity contribution in [2.75, 3.05) is 13.2 Å². The van der Waals surface area contributed by atoms with E-state index in [9.17, 15) is 40.5 Å². The second-order valence-corrected chi connectivity index (χ2v) is 23.2. The van der Waals surface area contributed by atoms with E-state index in [1.807, 2.05) is 0 Å². The summed E-state index contributed by atoms with van der Waals surface area (Å²) in [5.41, 5.74) is 0. The van der Waals surface area contributed by atoms with Crippen LogP contribution in [0, 0.1) is 0 Å². The van der Waals surface area contributed by atoms with Gasteiger partial charge in [-0.05, 0) is 64.2 Å². The summed E-state index contributed by atoms with van der Waals surface area (Å²) in [6.45, 7) is 3.48. The third-order valence-corrected chi connectivity index (χ3v) is 16.0. The predicted molar refractivity (Wildman–Crippen MR) is 316 cm³/mol. The van der Waals surface area contributed by atoms with Gasteiger partial charge in [-0.2, -0.15) is 0 Å². The van der Waals surface area contributed by atoms with Gasteiger partial charge in [0.1, 0.15) is 36.6 Å². The van der Waals surface area contributed by atoms with Crippen LogP contribution in [0.2, 0.25) is 0 Å². The number of carbonyl (C=O) groups excluding carboxylic acids is 1. The summed E-state index contributed by atoms with van der Waals surface area (Å²) in [5.74, 6) is -0.707. The van der Waals surface area contributed by atoms with Gasteiger partial charge in [0.15, 0.2) is 6.29 Å². The van der Waals surface area contributed by atoms with Gasteiger partial charge in [0.2, 0.25) is 5.91 Å². The lowest BCUT2D eigenvalue weighted by atomic mass is 9.98. The van der Waals surface area contributed by atoms with Crippen LogP contribution in [-0.2, 0) is 14.3 Å². The molecule has 0 bridgehead atoms. The molecule has 0 saturated carbocycles. The molecule has 0 aromatic heterocycles. The van der Waals surface area contributed by atoms with Crippen LogP contribution in [0.5, 0.6) is 0 Å². The molecule has 0 aromatic rings. The standard InChI is InChI=1S/C65H125NO10/c1-3-5-7-9-11-13-15-17-19-21-23-24-25-26-27-28-29-30-31-32-33-34-35-37-38-40-42-44-46-48-50-52-57(68)60(70)56(55-75-65-63(73)62(72)61(71)59(54-67)76-65)66-64(74)58(69)53-51-49-47-45-43-41-39-36-22-20-18-16-14-12-10-8-6-4-2/h22,36,44,46,56-63,65,67-73H,3-21,23-35,37-43,45,47-55H2,1-2H3,(H,66,74)/b36-22-,46-44+. The molecule has 450 valence electrons. The molecule has 1 aliphatic heterocycles. The fourth-order valence-electron chi connectivity index (χ4n) is 10.7. The second kappa shape index (κ2) is 54.2. The third kappa shape index (κ3) is 41.6. The van der Waals surface area contributed by atoms with Gasteiger partial charge in [-0.1, -0.05) is 276 Å². The number of rotatable bonds is 57. The van der Waals surface area contributed by atoms with E-state index in [0.717, 1.165) is 57.8 Å². The van der Waals surface area contributed by atoms with Crippen molar-refractivity contribution in [1.29, 1.82) is 0 Å². The first kappa shape index (κ1) is 72.6. The molecule has 0 aliphatic carbocycles. The molecule has 1 rings (SSSR count). The number of hydrogen-bond donors (Lipinski definition) is 8. The monoisotopic (exact) mass is 1080 g/mol. The Morgan fingerprint density at radius 3 is 1.13 bits per heavy atom. The van der Waals surface area contributed by atoms with Crippen LogP contribution in [0.4, 0.5) is 0 Å². The summed E-state index contributed by atoms with van der Waals surface area (Å²) in [5, 5.41) is 76.3. The Bertz CT molecular complexity index is 1280. The molecule has 1 amide bonds. The molecule has 11 nitrogen and oxygen atoms in total. The lowest BCUT2D eigenvalue weighted by Crippen LogP contribution is -2.60. The average molecular weight is 1080 g/mol. The fraction of sp³-hybridized carbons (Fsp3) is 0.923. The maximum absolute atomic E-state index is 13.2. The number of amides is 1. The van der Waals surface area contributed by atoms with E-state index in [1.54, 1.807) is 0 Å². The highest BCUT2D eigenvalue weighted by Gasteiger charge is 2.44. The highest BCUT2D eigenvalue weighted by Crippen LogP contribution is 2.24. The van der Waals surface area contributed by atoms with E-state index in [2.05, 4.69) is 43.5 Å². The Kier molecular flexibility index (Phi) is 51.8. The number of allylic oxidation sites excluding steroid dienone is 4. The number of nitrogens with one attached hydrogen (secondary N) is 1. The van der Waals surface area contributed by atoms with E-state index >= 15 is 0 Å². The minimum atomic E-state index is -1.67. The Hall–Kier alpha value is -1.41. The summed E-state index contributed by atoms with van der Waals surface area (Å²) < 4.78 is 11.2. The molecular formula is C65H125NO10. The lowest BCUT2D eigenvalue weighted by Gasteiger charge is -2.40. The predicted octanol–water partition coefficient (Wildman–Crippen LogP) is 14.9. The Morgan fingerprint density at radius 2 is 0.776 bits per heavy atom. The Morgan fingerprint density at radius 1 is 0.447 bits per heavy atom. The van der Waals surface area contributed by atoms with Crippen molar-refractivity contribution in [2.24, 2.45) is 0 Å². The topological polar surface area (TPSA) is 189 Å². The number of carbonyl (C=O) groups is 1. The van der Waals surface area contributed by atoms with Crippen LogP contribution in [0.1, 0.15) is 316 Å². The quantitative estimate of drug-likeness (QED) is 0.0215. The third-order valence-electron chi connectivity index (χ3n) is 16.0. The van der Waals surface area contributed by atoms with Crippen molar-refractivity contribution in [1.82, 2.24) is 5.32 Å². The number of aliphatic hydroxyl groups excluding tert-OH is 7. The molecule has 1 aliphatic rings. The van der Waals surface area contributed by atoms with Gasteiger partial charge in [-0.15, -0.1) is 0 Å². The first-order valence-electron chi connectivity index (χ1n) is 32.7. The zero-order valence-corrected chi connectivity index (χ0v) is 49.5. The van der Waals surface area contributed by atoms with Crippen molar-refractivity contribution in [3.05, 3.63) is 24.3 Å². The Labute approximate surface area is 467 Å². The van der Waals surface area contributed by atoms with Gasteiger partial charge in [-0.25, -0.2) is 0 Å². The Balaban J connectivity index is 2.23. The van der Waals surface area contributed by atoms with E-state index < -0.39 is 74.2 Å². The summed E-state index contributed by atoms with van der Waals surface area (Å²) in [6.07, 6.45) is 55.5. The van der Waals surface area contributed by atoms with Gasteiger partial charge in [0.05, 0.1) is 25.4 Å². The van der Waals surface area contributed by atoms with Crippen LogP contribution in [0.25, 0.3) is 0 Å². The van der Waals surface area contributed by atoms with Crippen LogP contribution >= 0.6 is 0 Å². The highest BCUT2D eigenvalue weighted by atomic mass is 16.7. The van der Waals surface area contributed by atoms with Crippen molar-refractivity contribution in [2.45, 2.75) is 371 Å². The van der Waals surface area contributed by atoms with Crippen LogP contribution in [0.3, 0.4) is 0 Å². The van der Waals surface area contributed by atoms with Crippen molar-refractivity contribution in [3.63, 3.8) is 0 Å². The summed E-state index contributed by atoms with van der Waals surface area (Å²) in [4.78, 5) is 13.2. The number of ether oxygens (including phenoxy) is 2. The van der Waals surface area contributed by atoms with E-state index in [0.29, 0.717) is 12.8 Å². The van der Waals surface area contributed by atoms with Gasteiger partial charge < -0.3 is 50.5 Å². The largest absolute Gasteiger partial charge is 0.394 e. The van der Waals surface area contributed by atoms with Crippen LogP contribution < -0.4 is 5.32 Å². The maximum Gasteiger partial charge on any atom is 0.249 e. The normalized spacial score (nSPS) is 19.7. The number of hydrogen-bond acceptors (Lipinski definition) is 10. The molecule has 1 heterocycles. The van der Waals surface area contributed by atoms with Crippen molar-refractivity contribution < 1.29 is 50.0 Å². The maximum atomic E-state index is 13.2. The van der Waals surface area contributed by atoms with Gasteiger partial charge in [-0.3, -0.25) is 4.79 Å². The lowest BCUT2D eigenvalue weighted by molar-refractivity contribution is -0.303. The van der Waals surface area contributed by atoms with Crippen LogP contribution in [-0.4, -0.2) is 110 Å². The fourth-order valence-corrected chi connectivity index (χ4v) is 10.7. The van der Waals surface area contributed by atoms with Gasteiger partial charge in [0.25, 0.3) is 0 Å². The zero-order chi connectivity index (χ0) is 55.4. The molecule has 76 heavy (non-hydrogen) atoms. The van der Waals surface area contributed by atoms with Crippen molar-refractivity contribution >= 4 is 5.91 Å². The molecule has 0 radical (unpaired) electrons. The summed E-state index contributed by atoms with van der Waals surface area (Å²) in [6, 6.07) is -1.19. The summed E-state index contributed by atoms with van der Waals surface area (Å²) >= 11 is 0.